The van der Waals surface area contributed by atoms with Gasteiger partial charge in [-0.15, -0.1) is 0 Å². The zero-order chi connectivity index (χ0) is 20.5. The Hall–Kier alpha value is -2.38. The summed E-state index contributed by atoms with van der Waals surface area (Å²) in [5.41, 5.74) is 12.2. The molecule has 28 heavy (non-hydrogen) atoms. The number of esters is 1. The number of nitrogens with zero attached hydrogens (tertiary/aromatic N) is 2. The number of carbonyl (C=O) groups excluding carboxylic acids is 2. The molecular weight excluding hydrogens is 380 g/mol. The molecule has 152 valence electrons. The van der Waals surface area contributed by atoms with Gasteiger partial charge in [0.2, 0.25) is 5.78 Å². The second-order valence-electron chi connectivity index (χ2n) is 6.71. The molecule has 0 atom stereocenters. The molecular formula is C20H27ClN4O3. The average Bonchev–Trinajstić information content (AvgIpc) is 2.67. The number of nitrogens with two attached hydrogens (primary N) is 2. The van der Waals surface area contributed by atoms with Crippen molar-refractivity contribution < 1.29 is 14.3 Å². The van der Waals surface area contributed by atoms with E-state index in [0.29, 0.717) is 11.6 Å². The summed E-state index contributed by atoms with van der Waals surface area (Å²) in [6, 6.07) is 6.56. The van der Waals surface area contributed by atoms with Gasteiger partial charge in [0.25, 0.3) is 0 Å². The number of aliphatic imine (C=N–C) groups is 1. The van der Waals surface area contributed by atoms with Crippen LogP contribution in [0.1, 0.15) is 36.5 Å². The zero-order valence-electron chi connectivity index (χ0n) is 16.1. The molecule has 7 nitrogen and oxygen atoms in total. The van der Waals surface area contributed by atoms with Gasteiger partial charge in [0.15, 0.2) is 6.61 Å². The van der Waals surface area contributed by atoms with Crippen LogP contribution < -0.4 is 11.5 Å². The van der Waals surface area contributed by atoms with Crippen molar-refractivity contribution >= 4 is 29.2 Å². The molecule has 1 saturated heterocycles. The number of halogens is 1. The van der Waals surface area contributed by atoms with Crippen molar-refractivity contribution in [2.45, 2.75) is 26.2 Å². The Morgan fingerprint density at radius 1 is 1.18 bits per heavy atom. The van der Waals surface area contributed by atoms with Crippen LogP contribution in [0.5, 0.6) is 0 Å². The summed E-state index contributed by atoms with van der Waals surface area (Å²) >= 11 is 5.99. The minimum absolute atomic E-state index is 0.00870. The highest BCUT2D eigenvalue weighted by Gasteiger charge is 2.20. The van der Waals surface area contributed by atoms with Crippen molar-refractivity contribution in [2.75, 3.05) is 32.8 Å². The highest BCUT2D eigenvalue weighted by atomic mass is 35.5. The first-order chi connectivity index (χ1) is 13.4. The Balaban J connectivity index is 1.93. The first kappa shape index (κ1) is 21.9. The standard InChI is InChI=1S/C20H27ClN4O3/c1-14(22)18(19(23)24-9-12-25-10-5-2-6-11-25)20(27)28-13-17(26)15-7-3-4-8-16(15)21/h3-4,7-8H,2,5-6,9-13,22H2,1H3,(H2,23,24)/b18-14+. The predicted octanol–water partition coefficient (Wildman–Crippen LogP) is 2.14. The minimum Gasteiger partial charge on any atom is -0.454 e. The molecule has 0 bridgehead atoms. The summed E-state index contributed by atoms with van der Waals surface area (Å²) in [5.74, 6) is -1.17. The van der Waals surface area contributed by atoms with Gasteiger partial charge in [0, 0.05) is 17.8 Å². The van der Waals surface area contributed by atoms with Crippen LogP contribution >= 0.6 is 11.6 Å². The Morgan fingerprint density at radius 2 is 1.86 bits per heavy atom. The van der Waals surface area contributed by atoms with E-state index in [4.69, 9.17) is 27.8 Å². The van der Waals surface area contributed by atoms with Crippen molar-refractivity contribution in [2.24, 2.45) is 16.5 Å². The van der Waals surface area contributed by atoms with Crippen LogP contribution in [-0.2, 0) is 9.53 Å². The fourth-order valence-corrected chi connectivity index (χ4v) is 3.25. The number of ether oxygens (including phenoxy) is 1. The average molecular weight is 407 g/mol. The van der Waals surface area contributed by atoms with E-state index in [2.05, 4.69) is 9.89 Å². The maximum absolute atomic E-state index is 12.4. The van der Waals surface area contributed by atoms with Crippen LogP contribution in [0.4, 0.5) is 0 Å². The Morgan fingerprint density at radius 3 is 2.50 bits per heavy atom. The van der Waals surface area contributed by atoms with Crippen LogP contribution in [0.3, 0.4) is 0 Å². The van der Waals surface area contributed by atoms with Gasteiger partial charge in [-0.05, 0) is 45.0 Å². The number of allylic oxidation sites excluding steroid dienone is 1. The number of likely N-dealkylation sites (tertiary alicyclic amines) is 1. The monoisotopic (exact) mass is 406 g/mol. The molecule has 8 heteroatoms. The van der Waals surface area contributed by atoms with Crippen LogP contribution in [0.2, 0.25) is 5.02 Å². The highest BCUT2D eigenvalue weighted by molar-refractivity contribution is 6.34. The van der Waals surface area contributed by atoms with E-state index in [1.54, 1.807) is 31.2 Å². The highest BCUT2D eigenvalue weighted by Crippen LogP contribution is 2.16. The number of hydrogen-bond donors (Lipinski definition) is 2. The quantitative estimate of drug-likeness (QED) is 0.225. The maximum Gasteiger partial charge on any atom is 0.344 e. The van der Waals surface area contributed by atoms with E-state index in [0.717, 1.165) is 19.6 Å². The Kier molecular flexibility index (Phi) is 8.47. The molecule has 0 aliphatic carbocycles. The second kappa shape index (κ2) is 10.8. The fraction of sp³-hybridized carbons (Fsp3) is 0.450. The zero-order valence-corrected chi connectivity index (χ0v) is 16.9. The Labute approximate surface area is 170 Å². The van der Waals surface area contributed by atoms with Crippen LogP contribution in [0.25, 0.3) is 0 Å². The number of hydrogen-bond acceptors (Lipinski definition) is 6. The van der Waals surface area contributed by atoms with Gasteiger partial charge in [0.05, 0.1) is 11.6 Å². The van der Waals surface area contributed by atoms with E-state index >= 15 is 0 Å². The van der Waals surface area contributed by atoms with Crippen molar-refractivity contribution in [3.8, 4) is 0 Å². The molecule has 0 radical (unpaired) electrons. The van der Waals surface area contributed by atoms with E-state index in [-0.39, 0.29) is 22.7 Å². The summed E-state index contributed by atoms with van der Waals surface area (Å²) in [7, 11) is 0. The minimum atomic E-state index is -0.778. The molecule has 0 saturated carbocycles. The second-order valence-corrected chi connectivity index (χ2v) is 7.11. The van der Waals surface area contributed by atoms with Crippen LogP contribution in [-0.4, -0.2) is 55.3 Å². The normalized spacial score (nSPS) is 16.4. The molecule has 1 heterocycles. The SMILES string of the molecule is C/C(N)=C(\C(=O)OCC(=O)c1ccccc1Cl)C(N)=NCCN1CCCCC1. The van der Waals surface area contributed by atoms with E-state index in [9.17, 15) is 9.59 Å². The van der Waals surface area contributed by atoms with Crippen molar-refractivity contribution in [3.63, 3.8) is 0 Å². The van der Waals surface area contributed by atoms with Crippen LogP contribution in [0, 0.1) is 0 Å². The molecule has 0 aromatic heterocycles. The Bertz CT molecular complexity index is 766. The third-order valence-electron chi connectivity index (χ3n) is 4.51. The van der Waals surface area contributed by atoms with Gasteiger partial charge in [-0.3, -0.25) is 9.79 Å². The molecule has 1 aliphatic heterocycles. The fourth-order valence-electron chi connectivity index (χ4n) is 3.01. The smallest absolute Gasteiger partial charge is 0.344 e. The number of carbonyl (C=O) groups is 2. The maximum atomic E-state index is 12.4. The molecule has 1 aliphatic rings. The summed E-state index contributed by atoms with van der Waals surface area (Å²) < 4.78 is 5.10. The lowest BCUT2D eigenvalue weighted by molar-refractivity contribution is -0.137. The van der Waals surface area contributed by atoms with E-state index in [1.165, 1.54) is 19.3 Å². The van der Waals surface area contributed by atoms with E-state index < -0.39 is 18.4 Å². The molecule has 0 unspecified atom stereocenters. The molecule has 1 aromatic rings. The number of piperidine rings is 1. The van der Waals surface area contributed by atoms with E-state index in [1.807, 2.05) is 0 Å². The van der Waals surface area contributed by atoms with Crippen LogP contribution in [0.15, 0.2) is 40.5 Å². The molecule has 0 spiro atoms. The lowest BCUT2D eigenvalue weighted by Gasteiger charge is -2.25. The van der Waals surface area contributed by atoms with Crippen molar-refractivity contribution in [1.82, 2.24) is 4.90 Å². The summed E-state index contributed by atoms with van der Waals surface area (Å²) in [4.78, 5) is 31.2. The van der Waals surface area contributed by atoms with Crippen molar-refractivity contribution in [3.05, 3.63) is 46.1 Å². The number of amidine groups is 1. The third-order valence-corrected chi connectivity index (χ3v) is 4.84. The first-order valence-electron chi connectivity index (χ1n) is 9.34. The molecule has 1 aromatic carbocycles. The number of benzene rings is 1. The van der Waals surface area contributed by atoms with Crippen molar-refractivity contribution in [1.29, 1.82) is 0 Å². The molecule has 2 rings (SSSR count). The number of ketones is 1. The molecule has 0 amide bonds. The lowest BCUT2D eigenvalue weighted by Crippen LogP contribution is -2.33. The largest absolute Gasteiger partial charge is 0.454 e. The third kappa shape index (κ3) is 6.35. The summed E-state index contributed by atoms with van der Waals surface area (Å²) in [5, 5.41) is 0.299. The summed E-state index contributed by atoms with van der Waals surface area (Å²) in [6.45, 7) is 4.44. The topological polar surface area (TPSA) is 111 Å². The van der Waals surface area contributed by atoms with Gasteiger partial charge in [0.1, 0.15) is 11.4 Å². The van der Waals surface area contributed by atoms with Gasteiger partial charge < -0.3 is 21.1 Å². The number of Topliss-reactive ketones (excluding diaryl/α,β-unsaturated/α-hetero) is 1. The van der Waals surface area contributed by atoms with Gasteiger partial charge >= 0.3 is 5.97 Å². The van der Waals surface area contributed by atoms with Gasteiger partial charge in [-0.25, -0.2) is 4.79 Å². The van der Waals surface area contributed by atoms with Gasteiger partial charge in [-0.2, -0.15) is 0 Å². The van der Waals surface area contributed by atoms with Gasteiger partial charge in [-0.1, -0.05) is 30.2 Å². The lowest BCUT2D eigenvalue weighted by atomic mass is 10.1. The summed E-state index contributed by atoms with van der Waals surface area (Å²) in [6.07, 6.45) is 3.65. The molecule has 1 fully saturated rings. The molecule has 4 N–H and O–H groups in total. The predicted molar refractivity (Wildman–Crippen MR) is 110 cm³/mol. The number of rotatable bonds is 8. The first-order valence-corrected chi connectivity index (χ1v) is 9.71.